The van der Waals surface area contributed by atoms with Gasteiger partial charge in [0.25, 0.3) is 0 Å². The quantitative estimate of drug-likeness (QED) is 0.763. The molecular weight excluding hydrogens is 240 g/mol. The van der Waals surface area contributed by atoms with Gasteiger partial charge in [0.15, 0.2) is 0 Å². The van der Waals surface area contributed by atoms with Gasteiger partial charge in [-0.25, -0.2) is 0 Å². The first kappa shape index (κ1) is 13.1. The monoisotopic (exact) mass is 264 g/mol. The molecule has 1 spiro atoms. The number of aldehydes is 1. The van der Waals surface area contributed by atoms with E-state index in [0.717, 1.165) is 58.1 Å². The number of hydrogen-bond acceptors (Lipinski definition) is 3. The molecule has 1 amide bonds. The van der Waals surface area contributed by atoms with Crippen molar-refractivity contribution in [3.8, 4) is 0 Å². The van der Waals surface area contributed by atoms with E-state index in [1.54, 1.807) is 0 Å². The molecule has 19 heavy (non-hydrogen) atoms. The van der Waals surface area contributed by atoms with E-state index in [9.17, 15) is 9.59 Å². The van der Waals surface area contributed by atoms with Gasteiger partial charge in [0.2, 0.25) is 5.91 Å². The minimum atomic E-state index is 0.190. The Labute approximate surface area is 114 Å². The Balaban J connectivity index is 1.49. The second kappa shape index (κ2) is 5.23. The maximum atomic E-state index is 12.4. The van der Waals surface area contributed by atoms with Crippen molar-refractivity contribution in [2.24, 2.45) is 17.3 Å². The summed E-state index contributed by atoms with van der Waals surface area (Å²) in [6, 6.07) is 0. The predicted molar refractivity (Wildman–Crippen MR) is 72.6 cm³/mol. The Kier molecular flexibility index (Phi) is 3.61. The number of nitrogens with one attached hydrogen (secondary N) is 1. The lowest BCUT2D eigenvalue weighted by Crippen LogP contribution is -2.62. The van der Waals surface area contributed by atoms with Crippen LogP contribution in [0, 0.1) is 17.3 Å². The summed E-state index contributed by atoms with van der Waals surface area (Å²) < 4.78 is 0. The predicted octanol–water partition coefficient (Wildman–Crippen LogP) is 1.20. The normalized spacial score (nSPS) is 33.8. The zero-order valence-corrected chi connectivity index (χ0v) is 11.6. The molecule has 2 heterocycles. The van der Waals surface area contributed by atoms with E-state index in [4.69, 9.17) is 0 Å². The number of amides is 1. The fourth-order valence-corrected chi connectivity index (χ4v) is 3.95. The summed E-state index contributed by atoms with van der Waals surface area (Å²) in [7, 11) is 0. The third-order valence-electron chi connectivity index (χ3n) is 5.34. The molecule has 1 N–H and O–H groups in total. The summed E-state index contributed by atoms with van der Waals surface area (Å²) in [4.78, 5) is 25.2. The summed E-state index contributed by atoms with van der Waals surface area (Å²) in [5, 5.41) is 3.39. The number of carbonyl (C=O) groups is 2. The highest BCUT2D eigenvalue weighted by Gasteiger charge is 2.46. The van der Waals surface area contributed by atoms with Crippen LogP contribution in [0.5, 0.6) is 0 Å². The number of rotatable bonds is 2. The van der Waals surface area contributed by atoms with Gasteiger partial charge in [0.1, 0.15) is 6.29 Å². The molecule has 3 fully saturated rings. The number of piperidine rings is 1. The second-order valence-corrected chi connectivity index (χ2v) is 6.69. The van der Waals surface area contributed by atoms with Crippen LogP contribution in [0.2, 0.25) is 0 Å². The van der Waals surface area contributed by atoms with E-state index in [1.807, 2.05) is 0 Å². The van der Waals surface area contributed by atoms with Gasteiger partial charge in [-0.05, 0) is 51.6 Å². The number of carbonyl (C=O) groups excluding carboxylic acids is 2. The molecule has 0 unspecified atom stereocenters. The van der Waals surface area contributed by atoms with Crippen molar-refractivity contribution in [3.63, 3.8) is 0 Å². The van der Waals surface area contributed by atoms with Crippen molar-refractivity contribution in [1.29, 1.82) is 0 Å². The summed E-state index contributed by atoms with van der Waals surface area (Å²) in [6.45, 7) is 4.15. The van der Waals surface area contributed by atoms with E-state index in [2.05, 4.69) is 10.2 Å². The van der Waals surface area contributed by atoms with Crippen LogP contribution in [0.25, 0.3) is 0 Å². The molecule has 3 rings (SSSR count). The second-order valence-electron chi connectivity index (χ2n) is 6.69. The van der Waals surface area contributed by atoms with Crippen molar-refractivity contribution in [3.05, 3.63) is 0 Å². The highest BCUT2D eigenvalue weighted by Crippen LogP contribution is 2.40. The summed E-state index contributed by atoms with van der Waals surface area (Å²) in [5.41, 5.74) is 0.431. The molecule has 106 valence electrons. The molecule has 2 aliphatic heterocycles. The lowest BCUT2D eigenvalue weighted by molar-refractivity contribution is -0.151. The molecule has 2 saturated heterocycles. The Morgan fingerprint density at radius 2 is 1.74 bits per heavy atom. The van der Waals surface area contributed by atoms with Crippen LogP contribution < -0.4 is 5.32 Å². The lowest BCUT2D eigenvalue weighted by atomic mass is 9.71. The Hall–Kier alpha value is -0.900. The number of nitrogens with zero attached hydrogens (tertiary/aromatic N) is 1. The molecule has 1 saturated carbocycles. The van der Waals surface area contributed by atoms with Crippen molar-refractivity contribution < 1.29 is 9.59 Å². The molecule has 0 radical (unpaired) electrons. The molecule has 0 atom stereocenters. The van der Waals surface area contributed by atoms with E-state index in [1.165, 1.54) is 12.8 Å². The Morgan fingerprint density at radius 3 is 2.32 bits per heavy atom. The van der Waals surface area contributed by atoms with Crippen molar-refractivity contribution >= 4 is 12.2 Å². The maximum absolute atomic E-state index is 12.4. The highest BCUT2D eigenvalue weighted by atomic mass is 16.2. The number of hydrogen-bond donors (Lipinski definition) is 1. The van der Waals surface area contributed by atoms with Crippen molar-refractivity contribution in [2.75, 3.05) is 26.2 Å². The maximum Gasteiger partial charge on any atom is 0.225 e. The fourth-order valence-electron chi connectivity index (χ4n) is 3.95. The molecular formula is C15H24N2O2. The van der Waals surface area contributed by atoms with Crippen LogP contribution in [0.15, 0.2) is 0 Å². The van der Waals surface area contributed by atoms with Crippen LogP contribution in [0.3, 0.4) is 0 Å². The average Bonchev–Trinajstić information content (AvgIpc) is 2.45. The van der Waals surface area contributed by atoms with Crippen molar-refractivity contribution in [1.82, 2.24) is 10.2 Å². The minimum Gasteiger partial charge on any atom is -0.341 e. The topological polar surface area (TPSA) is 49.4 Å². The first-order valence-electron chi connectivity index (χ1n) is 7.67. The Morgan fingerprint density at radius 1 is 1.11 bits per heavy atom. The SMILES string of the molecule is O=CC1CCC(C(=O)N2CC3(CCNCC3)C2)CC1. The van der Waals surface area contributed by atoms with Crippen LogP contribution >= 0.6 is 0 Å². The molecule has 4 nitrogen and oxygen atoms in total. The zero-order valence-electron chi connectivity index (χ0n) is 11.6. The first-order chi connectivity index (χ1) is 9.22. The van der Waals surface area contributed by atoms with Crippen LogP contribution in [-0.4, -0.2) is 43.3 Å². The van der Waals surface area contributed by atoms with E-state index < -0.39 is 0 Å². The summed E-state index contributed by atoms with van der Waals surface area (Å²) in [5.74, 6) is 0.750. The first-order valence-corrected chi connectivity index (χ1v) is 7.67. The van der Waals surface area contributed by atoms with Crippen LogP contribution in [0.1, 0.15) is 38.5 Å². The highest BCUT2D eigenvalue weighted by molar-refractivity contribution is 5.80. The fraction of sp³-hybridized carbons (Fsp3) is 0.867. The molecule has 3 aliphatic rings. The standard InChI is InChI=1S/C15H24N2O2/c18-9-12-1-3-13(4-2-12)14(19)17-10-15(11-17)5-7-16-8-6-15/h9,12-13,16H,1-8,10-11H2. The smallest absolute Gasteiger partial charge is 0.225 e. The van der Waals surface area contributed by atoms with Gasteiger partial charge in [-0.15, -0.1) is 0 Å². The zero-order chi connectivity index (χ0) is 13.3. The van der Waals surface area contributed by atoms with E-state index in [-0.39, 0.29) is 11.8 Å². The van der Waals surface area contributed by atoms with Gasteiger partial charge in [0, 0.05) is 30.3 Å². The largest absolute Gasteiger partial charge is 0.341 e. The molecule has 0 aromatic rings. The lowest BCUT2D eigenvalue weighted by Gasteiger charge is -2.53. The van der Waals surface area contributed by atoms with Gasteiger partial charge >= 0.3 is 0 Å². The van der Waals surface area contributed by atoms with Gasteiger partial charge < -0.3 is 15.0 Å². The van der Waals surface area contributed by atoms with Gasteiger partial charge in [0.05, 0.1) is 0 Å². The van der Waals surface area contributed by atoms with Crippen LogP contribution in [0.4, 0.5) is 0 Å². The van der Waals surface area contributed by atoms with Gasteiger partial charge in [-0.3, -0.25) is 4.79 Å². The number of likely N-dealkylation sites (tertiary alicyclic amines) is 1. The third kappa shape index (κ3) is 2.55. The van der Waals surface area contributed by atoms with Crippen molar-refractivity contribution in [2.45, 2.75) is 38.5 Å². The minimum absolute atomic E-state index is 0.190. The third-order valence-corrected chi connectivity index (χ3v) is 5.34. The molecule has 0 aromatic carbocycles. The summed E-state index contributed by atoms with van der Waals surface area (Å²) in [6.07, 6.45) is 7.13. The van der Waals surface area contributed by atoms with E-state index >= 15 is 0 Å². The molecule has 0 aromatic heterocycles. The van der Waals surface area contributed by atoms with E-state index in [0.29, 0.717) is 11.3 Å². The van der Waals surface area contributed by atoms with Crippen LogP contribution in [-0.2, 0) is 9.59 Å². The molecule has 1 aliphatic carbocycles. The van der Waals surface area contributed by atoms with Gasteiger partial charge in [-0.2, -0.15) is 0 Å². The molecule has 4 heteroatoms. The van der Waals surface area contributed by atoms with Gasteiger partial charge in [-0.1, -0.05) is 0 Å². The Bertz CT molecular complexity index is 347. The molecule has 0 bridgehead atoms. The summed E-state index contributed by atoms with van der Waals surface area (Å²) >= 11 is 0. The average molecular weight is 264 g/mol.